The summed E-state index contributed by atoms with van der Waals surface area (Å²) in [6.07, 6.45) is 7.66. The first kappa shape index (κ1) is 13.5. The molecule has 4 nitrogen and oxygen atoms in total. The number of aryl methyl sites for hydroxylation is 3. The number of fused-ring (bicyclic) bond motifs is 3. The van der Waals surface area contributed by atoms with E-state index in [4.69, 9.17) is 4.74 Å². The van der Waals surface area contributed by atoms with E-state index in [0.29, 0.717) is 6.10 Å². The van der Waals surface area contributed by atoms with Crippen LogP contribution in [0.2, 0.25) is 0 Å². The topological polar surface area (TPSA) is 47.0 Å². The molecule has 3 heterocycles. The van der Waals surface area contributed by atoms with Crippen molar-refractivity contribution in [2.24, 2.45) is 0 Å². The molecule has 4 rings (SSSR count). The van der Waals surface area contributed by atoms with E-state index < -0.39 is 0 Å². The fraction of sp³-hybridized carbons (Fsp3) is 0.625. The van der Waals surface area contributed by atoms with Gasteiger partial charge in [-0.05, 0) is 51.0 Å². The van der Waals surface area contributed by atoms with E-state index in [2.05, 4.69) is 15.3 Å². The van der Waals surface area contributed by atoms with Crippen molar-refractivity contribution in [1.82, 2.24) is 9.97 Å². The van der Waals surface area contributed by atoms with Gasteiger partial charge in [-0.2, -0.15) is 0 Å². The molecule has 1 atom stereocenters. The van der Waals surface area contributed by atoms with Crippen LogP contribution in [-0.2, 0) is 17.6 Å². The standard InChI is InChI=1S/C16H21N3OS/c1-10-18-15(17-9-11-5-4-8-20-11)14-12-6-2-3-7-13(12)21-16(14)19-10/h11H,2-9H2,1H3,(H,17,18,19)/t11-/m0/s1. The van der Waals surface area contributed by atoms with E-state index in [1.54, 1.807) is 0 Å². The van der Waals surface area contributed by atoms with Gasteiger partial charge in [-0.15, -0.1) is 11.3 Å². The number of hydrogen-bond acceptors (Lipinski definition) is 5. The monoisotopic (exact) mass is 303 g/mol. The normalized spacial score (nSPS) is 21.7. The Labute approximate surface area is 128 Å². The third kappa shape index (κ3) is 2.53. The summed E-state index contributed by atoms with van der Waals surface area (Å²) in [5, 5.41) is 4.81. The maximum absolute atomic E-state index is 5.71. The van der Waals surface area contributed by atoms with Crippen LogP contribution < -0.4 is 5.32 Å². The molecule has 0 saturated carbocycles. The van der Waals surface area contributed by atoms with E-state index in [0.717, 1.165) is 36.0 Å². The summed E-state index contributed by atoms with van der Waals surface area (Å²) in [5.74, 6) is 1.88. The summed E-state index contributed by atoms with van der Waals surface area (Å²) in [4.78, 5) is 12.0. The second-order valence-corrected chi connectivity index (χ2v) is 7.11. The number of hydrogen-bond donors (Lipinski definition) is 1. The summed E-state index contributed by atoms with van der Waals surface area (Å²) in [7, 11) is 0. The number of anilines is 1. The first-order chi connectivity index (χ1) is 10.3. The smallest absolute Gasteiger partial charge is 0.138 e. The maximum Gasteiger partial charge on any atom is 0.138 e. The Morgan fingerprint density at radius 2 is 2.14 bits per heavy atom. The largest absolute Gasteiger partial charge is 0.376 e. The van der Waals surface area contributed by atoms with Crippen LogP contribution in [-0.4, -0.2) is 29.2 Å². The van der Waals surface area contributed by atoms with Gasteiger partial charge < -0.3 is 10.1 Å². The molecular weight excluding hydrogens is 282 g/mol. The Hall–Kier alpha value is -1.20. The second-order valence-electron chi connectivity index (χ2n) is 6.03. The van der Waals surface area contributed by atoms with Crippen LogP contribution in [0.3, 0.4) is 0 Å². The molecule has 1 saturated heterocycles. The number of ether oxygens (including phenoxy) is 1. The Bertz CT molecular complexity index is 661. The Morgan fingerprint density at radius 3 is 3.00 bits per heavy atom. The molecule has 0 unspecified atom stereocenters. The highest BCUT2D eigenvalue weighted by Crippen LogP contribution is 2.38. The molecule has 0 bridgehead atoms. The molecular formula is C16H21N3OS. The zero-order valence-corrected chi connectivity index (χ0v) is 13.3. The van der Waals surface area contributed by atoms with Gasteiger partial charge in [0.15, 0.2) is 0 Å². The van der Waals surface area contributed by atoms with Crippen LogP contribution in [0, 0.1) is 6.92 Å². The molecule has 5 heteroatoms. The zero-order valence-electron chi connectivity index (χ0n) is 12.4. The molecule has 0 spiro atoms. The minimum absolute atomic E-state index is 0.338. The van der Waals surface area contributed by atoms with E-state index in [1.165, 1.54) is 47.9 Å². The molecule has 2 aromatic heterocycles. The van der Waals surface area contributed by atoms with Crippen molar-refractivity contribution in [3.8, 4) is 0 Å². The van der Waals surface area contributed by atoms with Crippen LogP contribution in [0.15, 0.2) is 0 Å². The highest BCUT2D eigenvalue weighted by atomic mass is 32.1. The van der Waals surface area contributed by atoms with Crippen molar-refractivity contribution in [2.45, 2.75) is 51.6 Å². The minimum Gasteiger partial charge on any atom is -0.376 e. The van der Waals surface area contributed by atoms with E-state index in [9.17, 15) is 0 Å². The lowest BCUT2D eigenvalue weighted by atomic mass is 9.97. The van der Waals surface area contributed by atoms with Crippen molar-refractivity contribution < 1.29 is 4.74 Å². The van der Waals surface area contributed by atoms with Crippen molar-refractivity contribution in [1.29, 1.82) is 0 Å². The third-order valence-electron chi connectivity index (χ3n) is 4.45. The average Bonchev–Trinajstić information content (AvgIpc) is 3.11. The van der Waals surface area contributed by atoms with Crippen molar-refractivity contribution in [3.05, 3.63) is 16.3 Å². The maximum atomic E-state index is 5.71. The molecule has 112 valence electrons. The molecule has 1 N–H and O–H groups in total. The average molecular weight is 303 g/mol. The highest BCUT2D eigenvalue weighted by molar-refractivity contribution is 7.19. The number of aromatic nitrogens is 2. The Balaban J connectivity index is 1.70. The highest BCUT2D eigenvalue weighted by Gasteiger charge is 2.21. The summed E-state index contributed by atoms with van der Waals surface area (Å²) in [6.45, 7) is 3.74. The molecule has 1 fully saturated rings. The molecule has 0 aromatic carbocycles. The van der Waals surface area contributed by atoms with Gasteiger partial charge in [-0.3, -0.25) is 0 Å². The van der Waals surface area contributed by atoms with Crippen molar-refractivity contribution >= 4 is 27.4 Å². The SMILES string of the molecule is Cc1nc(NC[C@@H]2CCCO2)c2c3c(sc2n1)CCCC3. The van der Waals surface area contributed by atoms with Crippen LogP contribution in [0.5, 0.6) is 0 Å². The van der Waals surface area contributed by atoms with Gasteiger partial charge >= 0.3 is 0 Å². The fourth-order valence-electron chi connectivity index (χ4n) is 3.41. The lowest BCUT2D eigenvalue weighted by Gasteiger charge is -2.15. The quantitative estimate of drug-likeness (QED) is 0.943. The predicted molar refractivity (Wildman–Crippen MR) is 86.3 cm³/mol. The summed E-state index contributed by atoms with van der Waals surface area (Å²) < 4.78 is 5.71. The second kappa shape index (κ2) is 5.54. The van der Waals surface area contributed by atoms with E-state index in [-0.39, 0.29) is 0 Å². The lowest BCUT2D eigenvalue weighted by molar-refractivity contribution is 0.120. The summed E-state index contributed by atoms with van der Waals surface area (Å²) in [6, 6.07) is 0. The van der Waals surface area contributed by atoms with E-state index >= 15 is 0 Å². The van der Waals surface area contributed by atoms with Crippen LogP contribution in [0.4, 0.5) is 5.82 Å². The Morgan fingerprint density at radius 1 is 1.24 bits per heavy atom. The van der Waals surface area contributed by atoms with Gasteiger partial charge in [0.05, 0.1) is 11.5 Å². The minimum atomic E-state index is 0.338. The number of rotatable bonds is 3. The summed E-state index contributed by atoms with van der Waals surface area (Å²) >= 11 is 1.86. The number of nitrogens with one attached hydrogen (secondary N) is 1. The number of thiophene rings is 1. The first-order valence-corrected chi connectivity index (χ1v) is 8.77. The van der Waals surface area contributed by atoms with Gasteiger partial charge in [0, 0.05) is 18.0 Å². The first-order valence-electron chi connectivity index (χ1n) is 7.95. The molecule has 0 amide bonds. The van der Waals surface area contributed by atoms with Crippen LogP contribution in [0.1, 0.15) is 41.9 Å². The van der Waals surface area contributed by atoms with Gasteiger partial charge in [0.25, 0.3) is 0 Å². The molecule has 0 radical (unpaired) electrons. The van der Waals surface area contributed by atoms with Crippen LogP contribution >= 0.6 is 11.3 Å². The molecule has 2 aliphatic rings. The van der Waals surface area contributed by atoms with Gasteiger partial charge in [0.2, 0.25) is 0 Å². The van der Waals surface area contributed by atoms with Crippen LogP contribution in [0.25, 0.3) is 10.2 Å². The summed E-state index contributed by atoms with van der Waals surface area (Å²) in [5.41, 5.74) is 1.50. The number of nitrogens with zero attached hydrogens (tertiary/aromatic N) is 2. The van der Waals surface area contributed by atoms with Crippen molar-refractivity contribution in [2.75, 3.05) is 18.5 Å². The third-order valence-corrected chi connectivity index (χ3v) is 5.63. The van der Waals surface area contributed by atoms with Gasteiger partial charge in [0.1, 0.15) is 16.5 Å². The van der Waals surface area contributed by atoms with Crippen molar-refractivity contribution in [3.63, 3.8) is 0 Å². The molecule has 1 aliphatic heterocycles. The van der Waals surface area contributed by atoms with E-state index in [1.807, 2.05) is 18.3 Å². The lowest BCUT2D eigenvalue weighted by Crippen LogP contribution is -2.19. The van der Waals surface area contributed by atoms with Gasteiger partial charge in [-0.25, -0.2) is 9.97 Å². The fourth-order valence-corrected chi connectivity index (χ4v) is 4.71. The molecule has 1 aliphatic carbocycles. The molecule has 2 aromatic rings. The Kier molecular flexibility index (Phi) is 3.55. The molecule has 21 heavy (non-hydrogen) atoms. The van der Waals surface area contributed by atoms with Gasteiger partial charge in [-0.1, -0.05) is 0 Å². The zero-order chi connectivity index (χ0) is 14.2. The predicted octanol–water partition coefficient (Wildman–Crippen LogP) is 3.47.